The summed E-state index contributed by atoms with van der Waals surface area (Å²) in [5.74, 6) is 1.56. The molecule has 2 aromatic carbocycles. The third-order valence-electron chi connectivity index (χ3n) is 4.35. The summed E-state index contributed by atoms with van der Waals surface area (Å²) >= 11 is 0. The van der Waals surface area contributed by atoms with Crippen LogP contribution in [0, 0.1) is 17.2 Å². The number of ether oxygens (including phenoxy) is 1. The fraction of sp³-hybridized carbons (Fsp3) is 0.389. The van der Waals surface area contributed by atoms with Gasteiger partial charge in [-0.3, -0.25) is 4.90 Å². The van der Waals surface area contributed by atoms with E-state index in [1.807, 2.05) is 6.07 Å². The second-order valence-corrected chi connectivity index (χ2v) is 5.76. The van der Waals surface area contributed by atoms with Crippen LogP contribution in [0.3, 0.4) is 0 Å². The first kappa shape index (κ1) is 13.9. The SMILES string of the molecule is COc1ccc2cccc(CC3CCN(CC#N)C3)c2c1. The van der Waals surface area contributed by atoms with Gasteiger partial charge < -0.3 is 4.74 Å². The highest BCUT2D eigenvalue weighted by Gasteiger charge is 2.22. The third kappa shape index (κ3) is 3.01. The van der Waals surface area contributed by atoms with Crippen molar-refractivity contribution in [2.45, 2.75) is 12.8 Å². The number of nitriles is 1. The molecule has 0 aliphatic carbocycles. The molecule has 1 atom stereocenters. The monoisotopic (exact) mass is 280 g/mol. The molecule has 1 heterocycles. The van der Waals surface area contributed by atoms with Gasteiger partial charge >= 0.3 is 0 Å². The smallest absolute Gasteiger partial charge is 0.119 e. The van der Waals surface area contributed by atoms with Crippen molar-refractivity contribution in [3.63, 3.8) is 0 Å². The van der Waals surface area contributed by atoms with Gasteiger partial charge in [-0.1, -0.05) is 24.3 Å². The van der Waals surface area contributed by atoms with E-state index in [2.05, 4.69) is 41.3 Å². The Morgan fingerprint density at radius 3 is 3.05 bits per heavy atom. The summed E-state index contributed by atoms with van der Waals surface area (Å²) in [7, 11) is 1.71. The molecular weight excluding hydrogens is 260 g/mol. The molecule has 1 saturated heterocycles. The molecule has 3 rings (SSSR count). The molecule has 3 nitrogen and oxygen atoms in total. The molecule has 0 saturated carbocycles. The zero-order valence-corrected chi connectivity index (χ0v) is 12.4. The highest BCUT2D eigenvalue weighted by Crippen LogP contribution is 2.28. The number of hydrogen-bond donors (Lipinski definition) is 0. The molecule has 0 amide bonds. The first-order chi connectivity index (χ1) is 10.3. The lowest BCUT2D eigenvalue weighted by Crippen LogP contribution is -2.21. The van der Waals surface area contributed by atoms with Crippen LogP contribution in [0.15, 0.2) is 36.4 Å². The minimum Gasteiger partial charge on any atom is -0.497 e. The molecule has 0 N–H and O–H groups in total. The molecule has 21 heavy (non-hydrogen) atoms. The van der Waals surface area contributed by atoms with Gasteiger partial charge in [-0.15, -0.1) is 0 Å². The summed E-state index contributed by atoms with van der Waals surface area (Å²) in [4.78, 5) is 2.25. The second-order valence-electron chi connectivity index (χ2n) is 5.76. The minimum atomic E-state index is 0.555. The van der Waals surface area contributed by atoms with Gasteiger partial charge in [0.05, 0.1) is 19.7 Å². The molecule has 1 aliphatic heterocycles. The third-order valence-corrected chi connectivity index (χ3v) is 4.35. The molecule has 1 unspecified atom stereocenters. The number of methoxy groups -OCH3 is 1. The Hall–Kier alpha value is -2.05. The van der Waals surface area contributed by atoms with Crippen LogP contribution in [0.5, 0.6) is 5.75 Å². The Balaban J connectivity index is 1.82. The van der Waals surface area contributed by atoms with Gasteiger partial charge in [-0.2, -0.15) is 5.26 Å². The Kier molecular flexibility index (Phi) is 4.08. The van der Waals surface area contributed by atoms with Gasteiger partial charge in [0, 0.05) is 6.54 Å². The normalized spacial score (nSPS) is 18.8. The fourth-order valence-corrected chi connectivity index (χ4v) is 3.26. The Bertz CT molecular complexity index is 674. The first-order valence-electron chi connectivity index (χ1n) is 7.45. The van der Waals surface area contributed by atoms with Crippen LogP contribution in [-0.4, -0.2) is 31.6 Å². The van der Waals surface area contributed by atoms with Gasteiger partial charge in [0.1, 0.15) is 5.75 Å². The quantitative estimate of drug-likeness (QED) is 0.807. The van der Waals surface area contributed by atoms with E-state index in [1.165, 1.54) is 22.8 Å². The zero-order chi connectivity index (χ0) is 14.7. The summed E-state index contributed by atoms with van der Waals surface area (Å²) in [6.45, 7) is 2.64. The largest absolute Gasteiger partial charge is 0.497 e. The number of likely N-dealkylation sites (tertiary alicyclic amines) is 1. The van der Waals surface area contributed by atoms with Crippen molar-refractivity contribution in [3.8, 4) is 11.8 Å². The average molecular weight is 280 g/mol. The average Bonchev–Trinajstić information content (AvgIpc) is 2.95. The van der Waals surface area contributed by atoms with Crippen molar-refractivity contribution in [1.82, 2.24) is 4.90 Å². The molecule has 1 fully saturated rings. The Morgan fingerprint density at radius 2 is 2.24 bits per heavy atom. The van der Waals surface area contributed by atoms with Crippen molar-refractivity contribution in [2.75, 3.05) is 26.7 Å². The predicted octanol–water partition coefficient (Wildman–Crippen LogP) is 3.24. The van der Waals surface area contributed by atoms with Crippen LogP contribution in [0.25, 0.3) is 10.8 Å². The van der Waals surface area contributed by atoms with E-state index in [4.69, 9.17) is 10.00 Å². The van der Waals surface area contributed by atoms with Crippen molar-refractivity contribution in [2.24, 2.45) is 5.92 Å². The van der Waals surface area contributed by atoms with Gasteiger partial charge in [0.25, 0.3) is 0 Å². The number of nitrogens with zero attached hydrogens (tertiary/aromatic N) is 2. The number of rotatable bonds is 4. The van der Waals surface area contributed by atoms with Gasteiger partial charge in [-0.25, -0.2) is 0 Å². The lowest BCUT2D eigenvalue weighted by atomic mass is 9.94. The van der Waals surface area contributed by atoms with Crippen LogP contribution in [-0.2, 0) is 6.42 Å². The molecular formula is C18H20N2O. The highest BCUT2D eigenvalue weighted by molar-refractivity contribution is 5.87. The van der Waals surface area contributed by atoms with E-state index >= 15 is 0 Å². The summed E-state index contributed by atoms with van der Waals surface area (Å²) in [5.41, 5.74) is 1.38. The number of benzene rings is 2. The van der Waals surface area contributed by atoms with E-state index in [0.717, 1.165) is 25.3 Å². The maximum atomic E-state index is 8.80. The minimum absolute atomic E-state index is 0.555. The molecule has 1 aliphatic rings. The standard InChI is InChI=1S/C18H20N2O/c1-21-17-6-5-15-3-2-4-16(18(15)12-17)11-14-7-9-20(13-14)10-8-19/h2-6,12,14H,7,9-11,13H2,1H3. The first-order valence-corrected chi connectivity index (χ1v) is 7.45. The zero-order valence-electron chi connectivity index (χ0n) is 12.4. The van der Waals surface area contributed by atoms with Crippen molar-refractivity contribution in [1.29, 1.82) is 5.26 Å². The van der Waals surface area contributed by atoms with E-state index in [-0.39, 0.29) is 0 Å². The predicted molar refractivity (Wildman–Crippen MR) is 84.4 cm³/mol. The van der Waals surface area contributed by atoms with Crippen LogP contribution < -0.4 is 4.74 Å². The molecule has 2 aromatic rings. The van der Waals surface area contributed by atoms with Gasteiger partial charge in [-0.05, 0) is 53.8 Å². The number of hydrogen-bond acceptors (Lipinski definition) is 3. The molecule has 0 bridgehead atoms. The van der Waals surface area contributed by atoms with Gasteiger partial charge in [0.15, 0.2) is 0 Å². The maximum absolute atomic E-state index is 8.80. The van der Waals surface area contributed by atoms with Crippen LogP contribution in [0.2, 0.25) is 0 Å². The van der Waals surface area contributed by atoms with Crippen molar-refractivity contribution < 1.29 is 4.74 Å². The highest BCUT2D eigenvalue weighted by atomic mass is 16.5. The molecule has 108 valence electrons. The summed E-state index contributed by atoms with van der Waals surface area (Å²) in [5, 5.41) is 11.3. The van der Waals surface area contributed by atoms with Crippen molar-refractivity contribution in [3.05, 3.63) is 42.0 Å². The summed E-state index contributed by atoms with van der Waals surface area (Å²) in [6.07, 6.45) is 2.26. The summed E-state index contributed by atoms with van der Waals surface area (Å²) < 4.78 is 5.35. The number of fused-ring (bicyclic) bond motifs is 1. The molecule has 0 aromatic heterocycles. The Morgan fingerprint density at radius 1 is 1.33 bits per heavy atom. The second kappa shape index (κ2) is 6.15. The lowest BCUT2D eigenvalue weighted by molar-refractivity contribution is 0.362. The van der Waals surface area contributed by atoms with Gasteiger partial charge in [0.2, 0.25) is 0 Å². The molecule has 0 spiro atoms. The lowest BCUT2D eigenvalue weighted by Gasteiger charge is -2.14. The summed E-state index contributed by atoms with van der Waals surface area (Å²) in [6, 6.07) is 15.0. The van der Waals surface area contributed by atoms with Crippen LogP contribution in [0.1, 0.15) is 12.0 Å². The molecule has 0 radical (unpaired) electrons. The van der Waals surface area contributed by atoms with E-state index < -0.39 is 0 Å². The van der Waals surface area contributed by atoms with E-state index in [0.29, 0.717) is 12.5 Å². The topological polar surface area (TPSA) is 36.3 Å². The molecule has 3 heteroatoms. The van der Waals surface area contributed by atoms with Crippen molar-refractivity contribution >= 4 is 10.8 Å². The fourth-order valence-electron chi connectivity index (χ4n) is 3.26. The Labute approximate surface area is 125 Å². The van der Waals surface area contributed by atoms with E-state index in [1.54, 1.807) is 7.11 Å². The van der Waals surface area contributed by atoms with Crippen LogP contribution >= 0.6 is 0 Å². The van der Waals surface area contributed by atoms with E-state index in [9.17, 15) is 0 Å². The van der Waals surface area contributed by atoms with Crippen LogP contribution in [0.4, 0.5) is 0 Å². The maximum Gasteiger partial charge on any atom is 0.119 e.